The molecule has 3 N–H and O–H groups in total. The zero-order valence-electron chi connectivity index (χ0n) is 12.0. The predicted molar refractivity (Wildman–Crippen MR) is 91.6 cm³/mol. The fourth-order valence-corrected chi connectivity index (χ4v) is 4.28. The SMILES string of the molecule is C[C@H](N)C(F)(F)c1sc2c(NCc3cccs3)cnnc2c1Cl. The molecule has 0 radical (unpaired) electrons. The average Bonchev–Trinajstić information content (AvgIpc) is 3.14. The number of halogens is 3. The molecule has 3 aromatic heterocycles. The molecule has 1 atom stereocenters. The van der Waals surface area contributed by atoms with Gasteiger partial charge < -0.3 is 11.1 Å². The number of aromatic nitrogens is 2. The lowest BCUT2D eigenvalue weighted by atomic mass is 10.1. The predicted octanol–water partition coefficient (Wildman–Crippen LogP) is 4.46. The third kappa shape index (κ3) is 3.03. The van der Waals surface area contributed by atoms with E-state index in [4.69, 9.17) is 17.3 Å². The number of alkyl halides is 2. The van der Waals surface area contributed by atoms with Gasteiger partial charge in [0, 0.05) is 11.4 Å². The monoisotopic (exact) mass is 374 g/mol. The summed E-state index contributed by atoms with van der Waals surface area (Å²) in [5.41, 5.74) is 6.30. The molecule has 9 heteroatoms. The Kier molecular flexibility index (Phi) is 4.50. The van der Waals surface area contributed by atoms with Crippen LogP contribution in [0.5, 0.6) is 0 Å². The van der Waals surface area contributed by atoms with E-state index >= 15 is 0 Å². The number of fused-ring (bicyclic) bond motifs is 1. The van der Waals surface area contributed by atoms with E-state index in [9.17, 15) is 8.78 Å². The summed E-state index contributed by atoms with van der Waals surface area (Å²) < 4.78 is 29.1. The average molecular weight is 375 g/mol. The zero-order chi connectivity index (χ0) is 16.6. The normalized spacial score (nSPS) is 13.4. The van der Waals surface area contributed by atoms with Crippen LogP contribution >= 0.6 is 34.3 Å². The van der Waals surface area contributed by atoms with Crippen LogP contribution in [-0.4, -0.2) is 16.2 Å². The first-order valence-electron chi connectivity index (χ1n) is 6.75. The van der Waals surface area contributed by atoms with E-state index in [0.29, 0.717) is 16.9 Å². The summed E-state index contributed by atoms with van der Waals surface area (Å²) in [5.74, 6) is -3.21. The summed E-state index contributed by atoms with van der Waals surface area (Å²) in [7, 11) is 0. The van der Waals surface area contributed by atoms with Crippen molar-refractivity contribution in [2.45, 2.75) is 25.4 Å². The Hall–Kier alpha value is -1.35. The van der Waals surface area contributed by atoms with Crippen molar-refractivity contribution >= 4 is 50.2 Å². The Morgan fingerprint density at radius 3 is 2.91 bits per heavy atom. The lowest BCUT2D eigenvalue weighted by Gasteiger charge is -2.18. The van der Waals surface area contributed by atoms with Gasteiger partial charge in [0.2, 0.25) is 0 Å². The van der Waals surface area contributed by atoms with Crippen molar-refractivity contribution in [2.75, 3.05) is 5.32 Å². The number of nitrogens with two attached hydrogens (primary N) is 1. The van der Waals surface area contributed by atoms with Gasteiger partial charge in [0.05, 0.1) is 32.5 Å². The molecule has 0 saturated heterocycles. The molecule has 0 amide bonds. The second-order valence-corrected chi connectivity index (χ2v) is 7.46. The number of thiophene rings is 2. The van der Waals surface area contributed by atoms with Gasteiger partial charge in [-0.3, -0.25) is 0 Å². The highest BCUT2D eigenvalue weighted by atomic mass is 35.5. The smallest absolute Gasteiger partial charge is 0.298 e. The number of anilines is 1. The molecule has 4 nitrogen and oxygen atoms in total. The molecule has 3 aromatic rings. The summed E-state index contributed by atoms with van der Waals surface area (Å²) >= 11 is 8.61. The van der Waals surface area contributed by atoms with E-state index in [2.05, 4.69) is 15.5 Å². The number of rotatable bonds is 5. The van der Waals surface area contributed by atoms with Crippen molar-refractivity contribution in [3.63, 3.8) is 0 Å². The Bertz CT molecular complexity index is 818. The van der Waals surface area contributed by atoms with E-state index in [0.717, 1.165) is 16.2 Å². The highest BCUT2D eigenvalue weighted by molar-refractivity contribution is 7.20. The zero-order valence-corrected chi connectivity index (χ0v) is 14.4. The van der Waals surface area contributed by atoms with Gasteiger partial charge in [0.15, 0.2) is 0 Å². The quantitative estimate of drug-likeness (QED) is 0.692. The largest absolute Gasteiger partial charge is 0.378 e. The van der Waals surface area contributed by atoms with Gasteiger partial charge in [-0.2, -0.15) is 13.9 Å². The van der Waals surface area contributed by atoms with Gasteiger partial charge in [-0.05, 0) is 18.4 Å². The third-order valence-corrected chi connectivity index (χ3v) is 5.98. The fourth-order valence-electron chi connectivity index (χ4n) is 2.02. The van der Waals surface area contributed by atoms with E-state index in [1.807, 2.05) is 17.5 Å². The molecule has 0 aliphatic carbocycles. The number of nitrogens with zero attached hydrogens (tertiary/aromatic N) is 2. The number of hydrogen-bond acceptors (Lipinski definition) is 6. The molecule has 23 heavy (non-hydrogen) atoms. The highest BCUT2D eigenvalue weighted by Gasteiger charge is 2.41. The summed E-state index contributed by atoms with van der Waals surface area (Å²) in [6.07, 6.45) is 1.51. The fraction of sp³-hybridized carbons (Fsp3) is 0.286. The Morgan fingerprint density at radius 1 is 1.48 bits per heavy atom. The van der Waals surface area contributed by atoms with Crippen molar-refractivity contribution < 1.29 is 8.78 Å². The van der Waals surface area contributed by atoms with Gasteiger partial charge in [-0.25, -0.2) is 0 Å². The van der Waals surface area contributed by atoms with Gasteiger partial charge in [0.25, 0.3) is 5.92 Å². The van der Waals surface area contributed by atoms with Gasteiger partial charge >= 0.3 is 0 Å². The van der Waals surface area contributed by atoms with E-state index in [1.54, 1.807) is 11.3 Å². The van der Waals surface area contributed by atoms with Crippen molar-refractivity contribution in [1.29, 1.82) is 0 Å². The highest BCUT2D eigenvalue weighted by Crippen LogP contribution is 2.46. The number of nitrogens with one attached hydrogen (secondary N) is 1. The first kappa shape index (κ1) is 16.5. The second-order valence-electron chi connectivity index (χ2n) is 5.03. The molecule has 0 bridgehead atoms. The summed E-state index contributed by atoms with van der Waals surface area (Å²) in [5, 5.41) is 12.8. The van der Waals surface area contributed by atoms with Crippen LogP contribution in [0.15, 0.2) is 23.7 Å². The molecule has 0 aliphatic heterocycles. The molecule has 0 saturated carbocycles. The molecule has 3 heterocycles. The van der Waals surface area contributed by atoms with E-state index < -0.39 is 12.0 Å². The van der Waals surface area contributed by atoms with Crippen LogP contribution in [0.25, 0.3) is 10.2 Å². The minimum absolute atomic E-state index is 0.0837. The first-order valence-corrected chi connectivity index (χ1v) is 8.82. The van der Waals surface area contributed by atoms with Crippen LogP contribution in [0, 0.1) is 0 Å². The third-order valence-electron chi connectivity index (χ3n) is 3.32. The van der Waals surface area contributed by atoms with Crippen LogP contribution in [-0.2, 0) is 12.5 Å². The maximum absolute atomic E-state index is 14.3. The Morgan fingerprint density at radius 2 is 2.26 bits per heavy atom. The van der Waals surface area contributed by atoms with Gasteiger partial charge in [-0.1, -0.05) is 17.7 Å². The van der Waals surface area contributed by atoms with Gasteiger partial charge in [-0.15, -0.1) is 27.8 Å². The summed E-state index contributed by atoms with van der Waals surface area (Å²) in [6, 6.07) is 2.59. The first-order chi connectivity index (χ1) is 10.9. The van der Waals surface area contributed by atoms with E-state index in [1.165, 1.54) is 13.1 Å². The van der Waals surface area contributed by atoms with Crippen LogP contribution in [0.3, 0.4) is 0 Å². The van der Waals surface area contributed by atoms with Crippen molar-refractivity contribution in [2.24, 2.45) is 5.73 Å². The molecular weight excluding hydrogens is 362 g/mol. The molecule has 3 rings (SSSR count). The van der Waals surface area contributed by atoms with Crippen LogP contribution in [0.4, 0.5) is 14.5 Å². The van der Waals surface area contributed by atoms with Crippen LogP contribution < -0.4 is 11.1 Å². The lowest BCUT2D eigenvalue weighted by Crippen LogP contribution is -2.35. The van der Waals surface area contributed by atoms with Crippen molar-refractivity contribution in [3.8, 4) is 0 Å². The maximum Gasteiger partial charge on any atom is 0.298 e. The van der Waals surface area contributed by atoms with Crippen LogP contribution in [0.1, 0.15) is 16.7 Å². The number of hydrogen-bond donors (Lipinski definition) is 2. The maximum atomic E-state index is 14.3. The molecule has 0 aromatic carbocycles. The van der Waals surface area contributed by atoms with Crippen molar-refractivity contribution in [1.82, 2.24) is 10.2 Å². The Labute approximate surface area is 144 Å². The second kappa shape index (κ2) is 6.27. The topological polar surface area (TPSA) is 63.8 Å². The van der Waals surface area contributed by atoms with E-state index in [-0.39, 0.29) is 15.4 Å². The Balaban J connectivity index is 2.01. The minimum atomic E-state index is -3.21. The van der Waals surface area contributed by atoms with Gasteiger partial charge in [0.1, 0.15) is 5.52 Å². The molecular formula is C14H13ClF2N4S2. The standard InChI is InChI=1S/C14H13ClF2N4S2/c1-7(18)14(16,17)13-10(15)11-12(23-13)9(6-20-21-11)19-5-8-3-2-4-22-8/h2-4,6-7H,5,18H2,1H3,(H,19,21)/t7-/m0/s1. The molecule has 0 spiro atoms. The molecule has 122 valence electrons. The molecule has 0 unspecified atom stereocenters. The molecule has 0 fully saturated rings. The summed E-state index contributed by atoms with van der Waals surface area (Å²) in [4.78, 5) is 0.850. The minimum Gasteiger partial charge on any atom is -0.378 e. The molecule has 0 aliphatic rings. The van der Waals surface area contributed by atoms with Crippen LogP contribution in [0.2, 0.25) is 5.02 Å². The lowest BCUT2D eigenvalue weighted by molar-refractivity contribution is -0.0217. The summed E-state index contributed by atoms with van der Waals surface area (Å²) in [6.45, 7) is 1.83. The van der Waals surface area contributed by atoms with Crippen molar-refractivity contribution in [3.05, 3.63) is 38.5 Å².